The van der Waals surface area contributed by atoms with Gasteiger partial charge in [0.25, 0.3) is 0 Å². The van der Waals surface area contributed by atoms with Gasteiger partial charge in [0.15, 0.2) is 0 Å². The molecule has 1 aliphatic carbocycles. The van der Waals surface area contributed by atoms with Crippen LogP contribution in [-0.2, 0) is 4.79 Å². The van der Waals surface area contributed by atoms with Crippen molar-refractivity contribution in [2.24, 2.45) is 11.8 Å². The second-order valence-corrected chi connectivity index (χ2v) is 5.91. The molecule has 98 valence electrons. The van der Waals surface area contributed by atoms with E-state index in [4.69, 9.17) is 0 Å². The number of rotatable bonds is 4. The van der Waals surface area contributed by atoms with Crippen LogP contribution in [0.4, 0.5) is 0 Å². The third kappa shape index (κ3) is 3.21. The van der Waals surface area contributed by atoms with Crippen LogP contribution in [-0.4, -0.2) is 36.5 Å². The Kier molecular flexibility index (Phi) is 4.43. The Hall–Kier alpha value is -0.570. The number of carbonyl (C=O) groups excluding carboxylic acids is 1. The highest BCUT2D eigenvalue weighted by Gasteiger charge is 2.31. The summed E-state index contributed by atoms with van der Waals surface area (Å²) in [5.41, 5.74) is 0. The van der Waals surface area contributed by atoms with Gasteiger partial charge in [0.1, 0.15) is 0 Å². The molecule has 0 aromatic rings. The smallest absolute Gasteiger partial charge is 0.225 e. The van der Waals surface area contributed by atoms with Gasteiger partial charge < -0.3 is 10.2 Å². The van der Waals surface area contributed by atoms with Gasteiger partial charge in [-0.1, -0.05) is 6.42 Å². The van der Waals surface area contributed by atoms with Crippen LogP contribution in [0.1, 0.15) is 46.0 Å². The quantitative estimate of drug-likeness (QED) is 0.812. The number of nitrogens with one attached hydrogen (secondary N) is 1. The molecule has 1 amide bonds. The SMILES string of the molecule is CC(C)N(CC1CCNCC1)C(=O)C1CCC1. The Morgan fingerprint density at radius 3 is 2.35 bits per heavy atom. The van der Waals surface area contributed by atoms with Gasteiger partial charge in [-0.3, -0.25) is 4.79 Å². The molecule has 0 spiro atoms. The topological polar surface area (TPSA) is 32.3 Å². The first-order valence-electron chi connectivity index (χ1n) is 7.19. The van der Waals surface area contributed by atoms with Crippen LogP contribution < -0.4 is 5.32 Å². The molecule has 0 aromatic carbocycles. The van der Waals surface area contributed by atoms with Crippen molar-refractivity contribution in [3.8, 4) is 0 Å². The summed E-state index contributed by atoms with van der Waals surface area (Å²) in [7, 11) is 0. The average Bonchev–Trinajstić information content (AvgIpc) is 2.24. The van der Waals surface area contributed by atoms with E-state index in [1.54, 1.807) is 0 Å². The van der Waals surface area contributed by atoms with Gasteiger partial charge in [-0.15, -0.1) is 0 Å². The van der Waals surface area contributed by atoms with Gasteiger partial charge in [0.05, 0.1) is 0 Å². The van der Waals surface area contributed by atoms with Crippen LogP contribution in [0.5, 0.6) is 0 Å². The lowest BCUT2D eigenvalue weighted by Gasteiger charge is -2.37. The predicted molar refractivity (Wildman–Crippen MR) is 69.8 cm³/mol. The van der Waals surface area contributed by atoms with Crippen molar-refractivity contribution in [3.05, 3.63) is 0 Å². The second-order valence-electron chi connectivity index (χ2n) is 5.91. The molecule has 0 radical (unpaired) electrons. The lowest BCUT2D eigenvalue weighted by atomic mass is 9.83. The molecule has 1 heterocycles. The summed E-state index contributed by atoms with van der Waals surface area (Å²) in [6, 6.07) is 0.359. The van der Waals surface area contributed by atoms with E-state index in [-0.39, 0.29) is 0 Å². The largest absolute Gasteiger partial charge is 0.340 e. The zero-order valence-electron chi connectivity index (χ0n) is 11.2. The van der Waals surface area contributed by atoms with Crippen LogP contribution >= 0.6 is 0 Å². The van der Waals surface area contributed by atoms with E-state index in [1.165, 1.54) is 19.3 Å². The van der Waals surface area contributed by atoms with Crippen molar-refractivity contribution >= 4 is 5.91 Å². The fraction of sp³-hybridized carbons (Fsp3) is 0.929. The maximum Gasteiger partial charge on any atom is 0.225 e. The number of hydrogen-bond donors (Lipinski definition) is 1. The minimum atomic E-state index is 0.346. The van der Waals surface area contributed by atoms with Crippen LogP contribution in [0.2, 0.25) is 0 Å². The fourth-order valence-corrected chi connectivity index (χ4v) is 2.79. The van der Waals surface area contributed by atoms with Gasteiger partial charge >= 0.3 is 0 Å². The Labute approximate surface area is 105 Å². The molecule has 2 rings (SSSR count). The summed E-state index contributed by atoms with van der Waals surface area (Å²) in [6.07, 6.45) is 5.93. The summed E-state index contributed by atoms with van der Waals surface area (Å²) >= 11 is 0. The van der Waals surface area contributed by atoms with Crippen molar-refractivity contribution in [1.29, 1.82) is 0 Å². The molecular weight excluding hydrogens is 212 g/mol. The van der Waals surface area contributed by atoms with Gasteiger partial charge in [0, 0.05) is 18.5 Å². The van der Waals surface area contributed by atoms with Crippen LogP contribution in [0.25, 0.3) is 0 Å². The zero-order valence-corrected chi connectivity index (χ0v) is 11.2. The average molecular weight is 238 g/mol. The molecule has 0 atom stereocenters. The maximum atomic E-state index is 12.4. The summed E-state index contributed by atoms with van der Waals surface area (Å²) in [5, 5.41) is 3.39. The molecule has 2 aliphatic rings. The lowest BCUT2D eigenvalue weighted by molar-refractivity contribution is -0.140. The van der Waals surface area contributed by atoms with Gasteiger partial charge in [-0.25, -0.2) is 0 Å². The van der Waals surface area contributed by atoms with Crippen molar-refractivity contribution in [1.82, 2.24) is 10.2 Å². The molecule has 3 nitrogen and oxygen atoms in total. The molecule has 1 aliphatic heterocycles. The van der Waals surface area contributed by atoms with E-state index < -0.39 is 0 Å². The minimum absolute atomic E-state index is 0.346. The number of amides is 1. The Morgan fingerprint density at radius 1 is 1.24 bits per heavy atom. The lowest BCUT2D eigenvalue weighted by Crippen LogP contribution is -2.46. The van der Waals surface area contributed by atoms with E-state index >= 15 is 0 Å². The fourth-order valence-electron chi connectivity index (χ4n) is 2.79. The standard InChI is InChI=1S/C14H26N2O/c1-11(2)16(14(17)13-4-3-5-13)10-12-6-8-15-9-7-12/h11-13,15H,3-10H2,1-2H3. The second kappa shape index (κ2) is 5.85. The Bertz CT molecular complexity index is 255. The number of hydrogen-bond acceptors (Lipinski definition) is 2. The van der Waals surface area contributed by atoms with Crippen molar-refractivity contribution in [2.45, 2.75) is 52.0 Å². The van der Waals surface area contributed by atoms with Crippen molar-refractivity contribution < 1.29 is 4.79 Å². The van der Waals surface area contributed by atoms with E-state index in [1.807, 2.05) is 0 Å². The zero-order chi connectivity index (χ0) is 12.3. The number of piperidine rings is 1. The molecule has 2 fully saturated rings. The summed E-state index contributed by atoms with van der Waals surface area (Å²) in [6.45, 7) is 7.52. The molecule has 1 saturated carbocycles. The molecule has 17 heavy (non-hydrogen) atoms. The third-order valence-electron chi connectivity index (χ3n) is 4.27. The Balaban J connectivity index is 1.89. The van der Waals surface area contributed by atoms with Gasteiger partial charge in [-0.05, 0) is 58.5 Å². The normalized spacial score (nSPS) is 22.5. The summed E-state index contributed by atoms with van der Waals surface area (Å²) in [4.78, 5) is 14.5. The van der Waals surface area contributed by atoms with E-state index in [2.05, 4.69) is 24.1 Å². The molecule has 0 bridgehead atoms. The van der Waals surface area contributed by atoms with E-state index in [9.17, 15) is 4.79 Å². The molecule has 3 heteroatoms. The van der Waals surface area contributed by atoms with Gasteiger partial charge in [0.2, 0.25) is 5.91 Å². The van der Waals surface area contributed by atoms with Crippen LogP contribution in [0, 0.1) is 11.8 Å². The molecule has 0 unspecified atom stereocenters. The highest BCUT2D eigenvalue weighted by atomic mass is 16.2. The minimum Gasteiger partial charge on any atom is -0.340 e. The number of carbonyl (C=O) groups is 1. The maximum absolute atomic E-state index is 12.4. The third-order valence-corrected chi connectivity index (χ3v) is 4.27. The van der Waals surface area contributed by atoms with Crippen molar-refractivity contribution in [2.75, 3.05) is 19.6 Å². The van der Waals surface area contributed by atoms with E-state index in [0.29, 0.717) is 23.8 Å². The summed E-state index contributed by atoms with van der Waals surface area (Å²) in [5.74, 6) is 1.48. The monoisotopic (exact) mass is 238 g/mol. The first kappa shape index (κ1) is 12.9. The highest BCUT2D eigenvalue weighted by Crippen LogP contribution is 2.29. The molecule has 1 saturated heterocycles. The summed E-state index contributed by atoms with van der Waals surface area (Å²) < 4.78 is 0. The molecule has 1 N–H and O–H groups in total. The highest BCUT2D eigenvalue weighted by molar-refractivity contribution is 5.79. The van der Waals surface area contributed by atoms with E-state index in [0.717, 1.165) is 32.5 Å². The van der Waals surface area contributed by atoms with Gasteiger partial charge in [-0.2, -0.15) is 0 Å². The predicted octanol–water partition coefficient (Wildman–Crippen LogP) is 2.02. The first-order chi connectivity index (χ1) is 8.18. The van der Waals surface area contributed by atoms with Crippen molar-refractivity contribution in [3.63, 3.8) is 0 Å². The van der Waals surface area contributed by atoms with Crippen LogP contribution in [0.3, 0.4) is 0 Å². The molecule has 0 aromatic heterocycles. The molecular formula is C14H26N2O. The van der Waals surface area contributed by atoms with Crippen LogP contribution in [0.15, 0.2) is 0 Å². The first-order valence-corrected chi connectivity index (χ1v) is 7.19. The Morgan fingerprint density at radius 2 is 1.88 bits per heavy atom. The number of nitrogens with zero attached hydrogens (tertiary/aromatic N) is 1.